The molecule has 8 heteroatoms. The topological polar surface area (TPSA) is 111 Å². The summed E-state index contributed by atoms with van der Waals surface area (Å²) in [6, 6.07) is 8.67. The Morgan fingerprint density at radius 1 is 1.14 bits per heavy atom. The minimum atomic E-state index is -1.12. The molecule has 2 aliphatic heterocycles. The number of aliphatic hydroxyl groups excluding tert-OH is 1. The van der Waals surface area contributed by atoms with Crippen molar-refractivity contribution in [3.05, 3.63) is 36.0 Å². The number of phenols is 1. The predicted octanol–water partition coefficient (Wildman–Crippen LogP) is 2.11. The maximum atomic E-state index is 10.7. The van der Waals surface area contributed by atoms with Gasteiger partial charge in [0.15, 0.2) is 0 Å². The number of anilines is 3. The maximum Gasteiger partial charge on any atom is 0.229 e. The Morgan fingerprint density at radius 3 is 2.52 bits per heavy atom. The molecule has 4 rings (SSSR count). The third-order valence-corrected chi connectivity index (χ3v) is 5.98. The number of aryl methyl sites for hydroxylation is 1. The molecule has 2 aromatic rings. The molecule has 8 nitrogen and oxygen atoms in total. The number of aromatic hydroxyl groups is 1. The normalized spacial score (nSPS) is 26.5. The van der Waals surface area contributed by atoms with Gasteiger partial charge in [0.25, 0.3) is 0 Å². The summed E-state index contributed by atoms with van der Waals surface area (Å²) in [6.45, 7) is 5.40. The lowest BCUT2D eigenvalue weighted by atomic mass is 9.75. The fraction of sp³-hybridized carbons (Fsp3) is 0.524. The number of nitrogens with one attached hydrogen (secondary N) is 1. The minimum Gasteiger partial charge on any atom is -0.508 e. The quantitative estimate of drug-likeness (QED) is 0.580. The third kappa shape index (κ3) is 4.01. The van der Waals surface area contributed by atoms with Crippen molar-refractivity contribution in [2.75, 3.05) is 29.9 Å². The second-order valence-corrected chi connectivity index (χ2v) is 8.27. The molecule has 3 heterocycles. The molecule has 1 aromatic carbocycles. The smallest absolute Gasteiger partial charge is 0.229 e. The lowest BCUT2D eigenvalue weighted by molar-refractivity contribution is -0.239. The third-order valence-electron chi connectivity index (χ3n) is 5.98. The van der Waals surface area contributed by atoms with E-state index in [4.69, 9.17) is 4.74 Å². The van der Waals surface area contributed by atoms with Crippen LogP contribution in [0.15, 0.2) is 30.3 Å². The van der Waals surface area contributed by atoms with Gasteiger partial charge in [-0.25, -0.2) is 4.98 Å². The Balaban J connectivity index is 1.48. The van der Waals surface area contributed by atoms with Crippen molar-refractivity contribution >= 4 is 17.5 Å². The molecule has 2 saturated heterocycles. The summed E-state index contributed by atoms with van der Waals surface area (Å²) in [5, 5.41) is 33.8. The Hall–Kier alpha value is -2.42. The van der Waals surface area contributed by atoms with Crippen LogP contribution in [0.1, 0.15) is 31.9 Å². The van der Waals surface area contributed by atoms with Gasteiger partial charge in [0.1, 0.15) is 23.3 Å². The molecular weight excluding hydrogens is 372 g/mol. The molecule has 156 valence electrons. The summed E-state index contributed by atoms with van der Waals surface area (Å²) in [6.07, 6.45) is 0.781. The first-order chi connectivity index (χ1) is 13.8. The Kier molecular flexibility index (Phi) is 5.10. The summed E-state index contributed by atoms with van der Waals surface area (Å²) in [4.78, 5) is 11.3. The number of ether oxygens (including phenoxy) is 1. The molecule has 1 spiro atoms. The van der Waals surface area contributed by atoms with E-state index in [9.17, 15) is 15.3 Å². The van der Waals surface area contributed by atoms with Gasteiger partial charge in [-0.2, -0.15) is 4.98 Å². The summed E-state index contributed by atoms with van der Waals surface area (Å²) >= 11 is 0. The molecule has 0 unspecified atom stereocenters. The number of aliphatic hydroxyl groups is 2. The molecule has 2 atom stereocenters. The minimum absolute atomic E-state index is 0.203. The van der Waals surface area contributed by atoms with E-state index in [0.717, 1.165) is 17.2 Å². The van der Waals surface area contributed by atoms with E-state index >= 15 is 0 Å². The zero-order valence-electron chi connectivity index (χ0n) is 16.8. The average molecular weight is 400 g/mol. The van der Waals surface area contributed by atoms with Gasteiger partial charge in [-0.3, -0.25) is 0 Å². The van der Waals surface area contributed by atoms with Gasteiger partial charge in [-0.05, 0) is 51.0 Å². The highest BCUT2D eigenvalue weighted by Gasteiger charge is 2.52. The van der Waals surface area contributed by atoms with Crippen molar-refractivity contribution in [3.8, 4) is 5.75 Å². The highest BCUT2D eigenvalue weighted by molar-refractivity contribution is 5.56. The van der Waals surface area contributed by atoms with Crippen molar-refractivity contribution in [1.82, 2.24) is 9.97 Å². The molecular formula is C21H28N4O4. The van der Waals surface area contributed by atoms with E-state index in [1.165, 1.54) is 0 Å². The van der Waals surface area contributed by atoms with Crippen molar-refractivity contribution < 1.29 is 20.1 Å². The Bertz CT molecular complexity index is 863. The zero-order valence-corrected chi connectivity index (χ0v) is 16.8. The van der Waals surface area contributed by atoms with Gasteiger partial charge in [-0.1, -0.05) is 0 Å². The molecule has 0 amide bonds. The van der Waals surface area contributed by atoms with Gasteiger partial charge in [-0.15, -0.1) is 0 Å². The fourth-order valence-electron chi connectivity index (χ4n) is 4.22. The maximum absolute atomic E-state index is 10.7. The number of hydrogen-bond acceptors (Lipinski definition) is 8. The summed E-state index contributed by atoms with van der Waals surface area (Å²) in [5.74, 6) is 1.50. The lowest BCUT2D eigenvalue weighted by Crippen LogP contribution is -2.64. The van der Waals surface area contributed by atoms with Crippen LogP contribution in [0.2, 0.25) is 0 Å². The first-order valence-electron chi connectivity index (χ1n) is 9.99. The van der Waals surface area contributed by atoms with Gasteiger partial charge in [0.05, 0.1) is 12.2 Å². The fourth-order valence-corrected chi connectivity index (χ4v) is 4.22. The van der Waals surface area contributed by atoms with E-state index < -0.39 is 17.3 Å². The molecule has 1 aromatic heterocycles. The molecule has 0 bridgehead atoms. The number of piperidine rings is 1. The monoisotopic (exact) mass is 400 g/mol. The highest BCUT2D eigenvalue weighted by Crippen LogP contribution is 2.40. The van der Waals surface area contributed by atoms with Crippen LogP contribution in [0.25, 0.3) is 0 Å². The van der Waals surface area contributed by atoms with Crippen LogP contribution in [-0.4, -0.2) is 62.3 Å². The first kappa shape index (κ1) is 19.9. The number of nitrogens with zero attached hydrogens (tertiary/aromatic N) is 3. The number of rotatable bonds is 3. The number of aromatic nitrogens is 2. The van der Waals surface area contributed by atoms with Gasteiger partial charge in [0, 0.05) is 37.0 Å². The Morgan fingerprint density at radius 2 is 1.83 bits per heavy atom. The molecule has 29 heavy (non-hydrogen) atoms. The average Bonchev–Trinajstić information content (AvgIpc) is 2.68. The summed E-state index contributed by atoms with van der Waals surface area (Å²) < 4.78 is 5.97. The molecule has 0 saturated carbocycles. The molecule has 2 fully saturated rings. The van der Waals surface area contributed by atoms with Crippen molar-refractivity contribution in [1.29, 1.82) is 0 Å². The highest BCUT2D eigenvalue weighted by atomic mass is 16.5. The number of hydrogen-bond donors (Lipinski definition) is 4. The van der Waals surface area contributed by atoms with E-state index in [-0.39, 0.29) is 5.75 Å². The lowest BCUT2D eigenvalue weighted by Gasteiger charge is -2.51. The van der Waals surface area contributed by atoms with Crippen LogP contribution < -0.4 is 10.2 Å². The van der Waals surface area contributed by atoms with Crippen LogP contribution in [0.4, 0.5) is 17.5 Å². The largest absolute Gasteiger partial charge is 0.508 e. The van der Waals surface area contributed by atoms with Crippen LogP contribution in [0.5, 0.6) is 5.75 Å². The van der Waals surface area contributed by atoms with Gasteiger partial charge in [0.2, 0.25) is 5.95 Å². The van der Waals surface area contributed by atoms with Crippen LogP contribution in [-0.2, 0) is 4.74 Å². The van der Waals surface area contributed by atoms with E-state index in [1.807, 2.05) is 13.0 Å². The zero-order chi connectivity index (χ0) is 20.6. The first-order valence-corrected chi connectivity index (χ1v) is 9.99. The second-order valence-electron chi connectivity index (χ2n) is 8.27. The van der Waals surface area contributed by atoms with Gasteiger partial charge >= 0.3 is 0 Å². The van der Waals surface area contributed by atoms with Crippen LogP contribution in [0.3, 0.4) is 0 Å². The van der Waals surface area contributed by atoms with E-state index in [0.29, 0.717) is 44.9 Å². The molecule has 0 aliphatic carbocycles. The van der Waals surface area contributed by atoms with Crippen molar-refractivity contribution in [2.24, 2.45) is 0 Å². The Labute approximate surface area is 170 Å². The summed E-state index contributed by atoms with van der Waals surface area (Å²) in [7, 11) is 0. The molecule has 0 radical (unpaired) electrons. The van der Waals surface area contributed by atoms with Crippen molar-refractivity contribution in [3.63, 3.8) is 0 Å². The predicted molar refractivity (Wildman–Crippen MR) is 110 cm³/mol. The number of phenolic OH excluding ortho intramolecular Hbond substituents is 1. The molecule has 2 aliphatic rings. The standard InChI is InChI=1S/C21H28N4O4/c1-14-13-17(24-19(22-14)23-15-3-5-16(26)6-4-15)25-10-7-21(8-11-25)18(27)20(2,28)9-12-29-21/h3-6,13,18,26-28H,7-12H2,1-2H3,(H,22,23,24)/t18-,20+/m0/s1. The second kappa shape index (κ2) is 7.44. The SMILES string of the molecule is Cc1cc(N2CCC3(CC2)OCC[C@@](C)(O)[C@@H]3O)nc(Nc2ccc(O)cc2)n1. The molecule has 4 N–H and O–H groups in total. The van der Waals surface area contributed by atoms with Crippen LogP contribution >= 0.6 is 0 Å². The number of benzene rings is 1. The summed E-state index contributed by atoms with van der Waals surface area (Å²) in [5.41, 5.74) is -0.188. The van der Waals surface area contributed by atoms with Crippen molar-refractivity contribution in [2.45, 2.75) is 50.4 Å². The van der Waals surface area contributed by atoms with E-state index in [2.05, 4.69) is 20.2 Å². The van der Waals surface area contributed by atoms with E-state index in [1.54, 1.807) is 31.2 Å². The van der Waals surface area contributed by atoms with Gasteiger partial charge < -0.3 is 30.3 Å². The van der Waals surface area contributed by atoms with Crippen LogP contribution in [0, 0.1) is 6.92 Å².